The molecule has 0 aliphatic rings. The minimum absolute atomic E-state index is 0.0173. The van der Waals surface area contributed by atoms with Gasteiger partial charge < -0.3 is 14.0 Å². The summed E-state index contributed by atoms with van der Waals surface area (Å²) in [6, 6.07) is 3.09. The third-order valence-electron chi connectivity index (χ3n) is 4.74. The van der Waals surface area contributed by atoms with Crippen LogP contribution in [0.5, 0.6) is 0 Å². The molecule has 1 N–H and O–H groups in total. The summed E-state index contributed by atoms with van der Waals surface area (Å²) in [6.07, 6.45) is -4.38. The summed E-state index contributed by atoms with van der Waals surface area (Å²) in [5, 5.41) is 2.53. The Morgan fingerprint density at radius 1 is 1.09 bits per heavy atom. The third kappa shape index (κ3) is 3.82. The predicted molar refractivity (Wildman–Crippen MR) is 108 cm³/mol. The minimum Gasteiger partial charge on any atom is -0.331 e. The summed E-state index contributed by atoms with van der Waals surface area (Å²) >= 11 is 0. The number of hydrogen-bond acceptors (Lipinski definition) is 4. The van der Waals surface area contributed by atoms with E-state index >= 15 is 0 Å². The van der Waals surface area contributed by atoms with Crippen LogP contribution in [-0.4, -0.2) is 60.8 Å². The van der Waals surface area contributed by atoms with Crippen LogP contribution in [0.15, 0.2) is 23.1 Å². The fourth-order valence-corrected chi connectivity index (χ4v) is 3.80. The van der Waals surface area contributed by atoms with Gasteiger partial charge in [-0.15, -0.1) is 0 Å². The number of amides is 2. The number of aryl methyl sites for hydroxylation is 2. The van der Waals surface area contributed by atoms with Crippen molar-refractivity contribution in [3.05, 3.63) is 23.9 Å². The van der Waals surface area contributed by atoms with Gasteiger partial charge in [0, 0.05) is 34.4 Å². The van der Waals surface area contributed by atoms with Crippen LogP contribution >= 0.6 is 0 Å². The summed E-state index contributed by atoms with van der Waals surface area (Å²) in [5.41, 5.74) is -1.31. The van der Waals surface area contributed by atoms with E-state index in [0.29, 0.717) is 10.6 Å². The molecular weight excluding hydrogens is 459 g/mol. The summed E-state index contributed by atoms with van der Waals surface area (Å²) < 4.78 is 80.6. The maximum Gasteiger partial charge on any atom is 0.459 e. The second kappa shape index (κ2) is 7.83. The average Bonchev–Trinajstić information content (AvgIpc) is 3.17. The largest absolute Gasteiger partial charge is 0.459 e. The van der Waals surface area contributed by atoms with E-state index in [9.17, 15) is 31.0 Å². The number of hydrogen-bond donors (Lipinski definition) is 1. The number of nitrogens with one attached hydrogen (secondary N) is 1. The van der Waals surface area contributed by atoms with Crippen LogP contribution in [0.4, 0.5) is 32.6 Å². The lowest BCUT2D eigenvalue weighted by Crippen LogP contribution is -2.35. The van der Waals surface area contributed by atoms with Gasteiger partial charge in [-0.3, -0.25) is 9.53 Å². The fraction of sp³-hybridized carbons (Fsp3) is 0.389. The molecule has 0 aliphatic carbocycles. The van der Waals surface area contributed by atoms with Crippen molar-refractivity contribution < 1.29 is 31.0 Å². The molecule has 0 radical (unpaired) electrons. The van der Waals surface area contributed by atoms with Gasteiger partial charge in [0.25, 0.3) is 0 Å². The van der Waals surface area contributed by atoms with Gasteiger partial charge in [-0.25, -0.2) is 14.8 Å². The lowest BCUT2D eigenvalue weighted by Gasteiger charge is -2.20. The number of rotatable bonds is 4. The number of aromatic nitrogens is 4. The van der Waals surface area contributed by atoms with E-state index < -0.39 is 34.6 Å². The van der Waals surface area contributed by atoms with Crippen LogP contribution in [0.3, 0.4) is 0 Å². The number of imidazole rings is 1. The molecule has 0 spiro atoms. The Labute approximate surface area is 181 Å². The lowest BCUT2D eigenvalue weighted by atomic mass is 10.2. The first-order valence-electron chi connectivity index (χ1n) is 8.97. The first-order chi connectivity index (χ1) is 14.7. The number of alkyl halides is 5. The molecule has 174 valence electrons. The number of fused-ring (bicyclic) bond motifs is 1. The van der Waals surface area contributed by atoms with Crippen molar-refractivity contribution in [3.63, 3.8) is 0 Å². The molecular formula is C18H19F5N6O2S. The molecule has 0 aliphatic heterocycles. The quantitative estimate of drug-likeness (QED) is 0.582. The zero-order chi connectivity index (χ0) is 24.2. The van der Waals surface area contributed by atoms with E-state index in [0.717, 1.165) is 7.05 Å². The van der Waals surface area contributed by atoms with E-state index in [1.54, 1.807) is 0 Å². The summed E-state index contributed by atoms with van der Waals surface area (Å²) in [5.74, 6) is -4.88. The number of anilines is 1. The highest BCUT2D eigenvalue weighted by Crippen LogP contribution is 2.45. The van der Waals surface area contributed by atoms with Crippen molar-refractivity contribution in [1.29, 1.82) is 0 Å². The first kappa shape index (κ1) is 23.6. The second-order valence-corrected chi connectivity index (χ2v) is 8.53. The molecule has 0 fully saturated rings. The Kier molecular flexibility index (Phi) is 5.78. The van der Waals surface area contributed by atoms with Crippen LogP contribution in [0.25, 0.3) is 22.7 Å². The third-order valence-corrected chi connectivity index (χ3v) is 5.69. The minimum atomic E-state index is -5.77. The maximum absolute atomic E-state index is 13.9. The highest BCUT2D eigenvalue weighted by molar-refractivity contribution is 7.84. The number of pyridine rings is 1. The first-order valence-corrected chi connectivity index (χ1v) is 10.5. The molecule has 0 aromatic carbocycles. The number of carbonyl (C=O) groups excluding carboxylic acids is 1. The normalized spacial score (nSPS) is 13.4. The van der Waals surface area contributed by atoms with Crippen molar-refractivity contribution in [3.8, 4) is 11.5 Å². The van der Waals surface area contributed by atoms with Gasteiger partial charge in [0.1, 0.15) is 28.4 Å². The van der Waals surface area contributed by atoms with Crippen molar-refractivity contribution in [2.45, 2.75) is 17.0 Å². The topological polar surface area (TPSA) is 85.0 Å². The molecule has 3 rings (SSSR count). The van der Waals surface area contributed by atoms with Crippen LogP contribution in [0.1, 0.15) is 5.69 Å². The Bertz CT molecular complexity index is 1230. The Morgan fingerprint density at radius 3 is 2.22 bits per heavy atom. The van der Waals surface area contributed by atoms with E-state index in [-0.39, 0.29) is 33.4 Å². The molecule has 3 aromatic rings. The van der Waals surface area contributed by atoms with Crippen molar-refractivity contribution in [2.24, 2.45) is 14.1 Å². The van der Waals surface area contributed by atoms with E-state index in [1.807, 2.05) is 0 Å². The molecule has 0 saturated heterocycles. The molecule has 1 atom stereocenters. The molecule has 3 aromatic heterocycles. The predicted octanol–water partition coefficient (Wildman–Crippen LogP) is 3.46. The molecule has 0 bridgehead atoms. The highest BCUT2D eigenvalue weighted by atomic mass is 32.2. The lowest BCUT2D eigenvalue weighted by molar-refractivity contribution is -0.291. The van der Waals surface area contributed by atoms with Gasteiger partial charge in [0.15, 0.2) is 5.82 Å². The summed E-state index contributed by atoms with van der Waals surface area (Å²) in [7, 11) is 3.98. The van der Waals surface area contributed by atoms with Gasteiger partial charge in [-0.2, -0.15) is 22.0 Å². The molecule has 32 heavy (non-hydrogen) atoms. The van der Waals surface area contributed by atoms with Crippen LogP contribution in [-0.2, 0) is 30.8 Å². The number of urea groups is 1. The van der Waals surface area contributed by atoms with Crippen LogP contribution in [0.2, 0.25) is 0 Å². The number of halogens is 5. The average molecular weight is 478 g/mol. The summed E-state index contributed by atoms with van der Waals surface area (Å²) in [6.45, 7) is 0. The van der Waals surface area contributed by atoms with Crippen molar-refractivity contribution in [2.75, 3.05) is 25.7 Å². The van der Waals surface area contributed by atoms with Crippen molar-refractivity contribution >= 4 is 33.8 Å². The van der Waals surface area contributed by atoms with E-state index in [4.69, 9.17) is 0 Å². The zero-order valence-electron chi connectivity index (χ0n) is 17.6. The highest BCUT2D eigenvalue weighted by Gasteiger charge is 2.60. The Hall–Kier alpha value is -3.03. The SMILES string of the molecule is CN(C)C(=O)Nc1ccc(S(C)=O)c(-c2nc3cc(C(F)(F)C(F)(F)F)n(C)c3n2C)n1. The molecule has 0 saturated carbocycles. The Balaban J connectivity index is 2.19. The summed E-state index contributed by atoms with van der Waals surface area (Å²) in [4.78, 5) is 21.9. The standard InChI is InChI=1S/C18H19F5N6O2S/c1-27(2)16(30)26-12-7-6-10(32(5)31)13(25-12)14-24-9-8-11(17(19,20)18(21,22)23)28(3)15(9)29(14)4/h6-8H,1-5H3,(H,25,26,30). The molecule has 3 heterocycles. The maximum atomic E-state index is 13.9. The fourth-order valence-electron chi connectivity index (χ4n) is 3.13. The number of carbonyl (C=O) groups is 1. The van der Waals surface area contributed by atoms with Crippen LogP contribution < -0.4 is 5.32 Å². The zero-order valence-corrected chi connectivity index (χ0v) is 18.4. The molecule has 8 nitrogen and oxygen atoms in total. The smallest absolute Gasteiger partial charge is 0.331 e. The van der Waals surface area contributed by atoms with Gasteiger partial charge in [0.2, 0.25) is 0 Å². The van der Waals surface area contributed by atoms with E-state index in [1.165, 1.54) is 49.0 Å². The molecule has 1 unspecified atom stereocenters. The van der Waals surface area contributed by atoms with Crippen LogP contribution in [0, 0.1) is 0 Å². The second-order valence-electron chi connectivity index (χ2n) is 7.19. The Morgan fingerprint density at radius 2 is 1.72 bits per heavy atom. The monoisotopic (exact) mass is 478 g/mol. The van der Waals surface area contributed by atoms with Gasteiger partial charge in [-0.05, 0) is 18.2 Å². The molecule has 14 heteroatoms. The van der Waals surface area contributed by atoms with Gasteiger partial charge in [0.05, 0.1) is 15.7 Å². The van der Waals surface area contributed by atoms with Crippen molar-refractivity contribution in [1.82, 2.24) is 24.0 Å². The van der Waals surface area contributed by atoms with Gasteiger partial charge in [-0.1, -0.05) is 0 Å². The van der Waals surface area contributed by atoms with E-state index in [2.05, 4.69) is 15.3 Å². The molecule has 2 amide bonds. The number of nitrogens with zero attached hydrogens (tertiary/aromatic N) is 5. The van der Waals surface area contributed by atoms with Gasteiger partial charge >= 0.3 is 18.1 Å².